The highest BCUT2D eigenvalue weighted by Crippen LogP contribution is 2.41. The van der Waals surface area contributed by atoms with E-state index in [4.69, 9.17) is 9.83 Å². The lowest BCUT2D eigenvalue weighted by Gasteiger charge is -2.25. The molecule has 4 nitrogen and oxygen atoms in total. The molecule has 0 amide bonds. The lowest BCUT2D eigenvalue weighted by Crippen LogP contribution is -2.26. The molecule has 1 aliphatic carbocycles. The molecule has 0 fully saturated rings. The molecule has 0 saturated heterocycles. The lowest BCUT2D eigenvalue weighted by atomic mass is 9.85. The van der Waals surface area contributed by atoms with Crippen LogP contribution in [0.4, 0.5) is 5.69 Å². The molecule has 0 aromatic heterocycles. The van der Waals surface area contributed by atoms with Crippen molar-refractivity contribution in [2.24, 2.45) is 0 Å². The highest BCUT2D eigenvalue weighted by Gasteiger charge is 2.19. The van der Waals surface area contributed by atoms with Crippen molar-refractivity contribution in [1.29, 1.82) is 5.41 Å². The van der Waals surface area contributed by atoms with Crippen molar-refractivity contribution in [3.8, 4) is 22.5 Å². The monoisotopic (exact) mass is 455 g/mol. The van der Waals surface area contributed by atoms with Gasteiger partial charge in [0.25, 0.3) is 0 Å². The van der Waals surface area contributed by atoms with E-state index in [0.717, 1.165) is 48.3 Å². The first kappa shape index (κ1) is 24.0. The second-order valence-electron chi connectivity index (χ2n) is 10.4. The molecule has 0 spiro atoms. The predicted octanol–water partition coefficient (Wildman–Crippen LogP) is 6.76. The Balaban J connectivity index is 1.85. The summed E-state index contributed by atoms with van der Waals surface area (Å²) in [4.78, 5) is 4.63. The second kappa shape index (κ2) is 9.63. The zero-order valence-corrected chi connectivity index (χ0v) is 21.4. The van der Waals surface area contributed by atoms with Gasteiger partial charge in [0.15, 0.2) is 0 Å². The Morgan fingerprint density at radius 1 is 0.882 bits per heavy atom. The molecule has 1 N–H and O–H groups in total. The number of fused-ring (bicyclic) bond motifs is 2. The van der Waals surface area contributed by atoms with Crippen LogP contribution in [0.15, 0.2) is 65.1 Å². The number of nitrogens with zero attached hydrogens (tertiary/aromatic N) is 2. The Kier molecular flexibility index (Phi) is 6.81. The molecule has 1 aliphatic heterocycles. The lowest BCUT2D eigenvalue weighted by molar-refractivity contribution is 0.400. The standard InChI is InChI=1S/C30H37N3O/c1-7-33(18-8-17-32(5)6)24-14-16-26-28(20-24)34-27-19-23(31)13-15-25(27)29(26)21-9-11-22(12-10-21)30(2,3)4/h9-16,19-20,31H,7-8,17-18H2,1-6H3. The molecule has 34 heavy (non-hydrogen) atoms. The van der Waals surface area contributed by atoms with Gasteiger partial charge in [0.1, 0.15) is 11.3 Å². The number of benzene rings is 3. The van der Waals surface area contributed by atoms with Gasteiger partial charge in [-0.3, -0.25) is 0 Å². The van der Waals surface area contributed by atoms with Gasteiger partial charge < -0.3 is 19.6 Å². The summed E-state index contributed by atoms with van der Waals surface area (Å²) in [5.41, 5.74) is 6.83. The molecule has 1 heterocycles. The fraction of sp³-hybridized carbons (Fsp3) is 0.367. The Morgan fingerprint density at radius 2 is 1.62 bits per heavy atom. The zero-order chi connectivity index (χ0) is 24.5. The SMILES string of the molecule is CCN(CCCN(C)C)c1ccc2c(-c3ccc(C(C)(C)C)cc3)c3ccc(=N)cc-3oc2c1. The van der Waals surface area contributed by atoms with Crippen molar-refractivity contribution in [3.05, 3.63) is 71.6 Å². The van der Waals surface area contributed by atoms with E-state index in [1.54, 1.807) is 0 Å². The van der Waals surface area contributed by atoms with E-state index >= 15 is 0 Å². The average Bonchev–Trinajstić information content (AvgIpc) is 2.79. The van der Waals surface area contributed by atoms with Crippen LogP contribution >= 0.6 is 0 Å². The van der Waals surface area contributed by atoms with Crippen molar-refractivity contribution >= 4 is 16.7 Å². The van der Waals surface area contributed by atoms with Gasteiger partial charge in [-0.05, 0) is 74.8 Å². The van der Waals surface area contributed by atoms with E-state index in [0.29, 0.717) is 5.36 Å². The zero-order valence-electron chi connectivity index (χ0n) is 21.4. The number of rotatable bonds is 7. The van der Waals surface area contributed by atoms with Gasteiger partial charge in [-0.25, -0.2) is 0 Å². The minimum Gasteiger partial charge on any atom is -0.456 e. The molecule has 178 valence electrons. The third-order valence-corrected chi connectivity index (χ3v) is 6.53. The smallest absolute Gasteiger partial charge is 0.137 e. The molecule has 2 aliphatic rings. The molecule has 4 heteroatoms. The summed E-state index contributed by atoms with van der Waals surface area (Å²) in [5.74, 6) is 0.753. The van der Waals surface area contributed by atoms with E-state index < -0.39 is 0 Å². The third kappa shape index (κ3) is 5.02. The summed E-state index contributed by atoms with van der Waals surface area (Å²) in [7, 11) is 4.23. The average molecular weight is 456 g/mol. The highest BCUT2D eigenvalue weighted by molar-refractivity contribution is 6.02. The number of nitrogens with one attached hydrogen (secondary N) is 1. The minimum absolute atomic E-state index is 0.111. The largest absolute Gasteiger partial charge is 0.456 e. The normalized spacial score (nSPS) is 12.1. The molecule has 2 aromatic rings. The van der Waals surface area contributed by atoms with E-state index in [2.05, 4.69) is 94.1 Å². The molecule has 2 aromatic carbocycles. The molecule has 0 atom stereocenters. The van der Waals surface area contributed by atoms with Gasteiger partial charge in [-0.2, -0.15) is 0 Å². The van der Waals surface area contributed by atoms with Crippen LogP contribution in [0, 0.1) is 5.41 Å². The molecule has 0 bridgehead atoms. The maximum Gasteiger partial charge on any atom is 0.137 e. The van der Waals surface area contributed by atoms with E-state index in [9.17, 15) is 0 Å². The first-order valence-corrected chi connectivity index (χ1v) is 12.2. The summed E-state index contributed by atoms with van der Waals surface area (Å²) in [6.45, 7) is 11.9. The Morgan fingerprint density at radius 3 is 2.26 bits per heavy atom. The van der Waals surface area contributed by atoms with Gasteiger partial charge in [-0.1, -0.05) is 45.0 Å². The van der Waals surface area contributed by atoms with Crippen molar-refractivity contribution in [3.63, 3.8) is 0 Å². The fourth-order valence-electron chi connectivity index (χ4n) is 4.57. The third-order valence-electron chi connectivity index (χ3n) is 6.53. The Bertz CT molecular complexity index is 1300. The molecule has 0 unspecified atom stereocenters. The number of hydrogen-bond donors (Lipinski definition) is 1. The van der Waals surface area contributed by atoms with Crippen molar-refractivity contribution < 1.29 is 4.42 Å². The minimum atomic E-state index is 0.111. The summed E-state index contributed by atoms with van der Waals surface area (Å²) in [6, 6.07) is 21.2. The van der Waals surface area contributed by atoms with Crippen LogP contribution in [-0.2, 0) is 5.41 Å². The van der Waals surface area contributed by atoms with Gasteiger partial charge in [0.2, 0.25) is 0 Å². The van der Waals surface area contributed by atoms with Gasteiger partial charge in [0.05, 0.1) is 5.36 Å². The van der Waals surface area contributed by atoms with Crippen LogP contribution in [0.25, 0.3) is 33.4 Å². The summed E-state index contributed by atoms with van der Waals surface area (Å²) in [5, 5.41) is 9.69. The molecule has 4 rings (SSSR count). The van der Waals surface area contributed by atoms with Crippen LogP contribution in [0.1, 0.15) is 39.7 Å². The van der Waals surface area contributed by atoms with Crippen molar-refractivity contribution in [2.75, 3.05) is 38.6 Å². The summed E-state index contributed by atoms with van der Waals surface area (Å²) < 4.78 is 6.39. The Labute approximate surface area is 203 Å². The van der Waals surface area contributed by atoms with E-state index in [1.807, 2.05) is 18.2 Å². The number of anilines is 1. The van der Waals surface area contributed by atoms with Crippen LogP contribution in [-0.4, -0.2) is 38.6 Å². The maximum atomic E-state index is 8.14. The van der Waals surface area contributed by atoms with Gasteiger partial charge >= 0.3 is 0 Å². The first-order valence-electron chi connectivity index (χ1n) is 12.2. The van der Waals surface area contributed by atoms with Crippen LogP contribution < -0.4 is 10.3 Å². The molecule has 0 saturated carbocycles. The van der Waals surface area contributed by atoms with Crippen molar-refractivity contribution in [1.82, 2.24) is 4.90 Å². The number of hydrogen-bond acceptors (Lipinski definition) is 4. The predicted molar refractivity (Wildman–Crippen MR) is 144 cm³/mol. The first-order chi connectivity index (χ1) is 16.2. The summed E-state index contributed by atoms with van der Waals surface area (Å²) >= 11 is 0. The molecular formula is C30H37N3O. The fourth-order valence-corrected chi connectivity index (χ4v) is 4.57. The van der Waals surface area contributed by atoms with Crippen LogP contribution in [0.5, 0.6) is 0 Å². The quantitative estimate of drug-likeness (QED) is 0.313. The molecule has 0 radical (unpaired) electrons. The van der Waals surface area contributed by atoms with Gasteiger partial charge in [0, 0.05) is 47.4 Å². The van der Waals surface area contributed by atoms with Crippen LogP contribution in [0.2, 0.25) is 0 Å². The van der Waals surface area contributed by atoms with E-state index in [-0.39, 0.29) is 5.41 Å². The maximum absolute atomic E-state index is 8.14. The van der Waals surface area contributed by atoms with E-state index in [1.165, 1.54) is 22.4 Å². The second-order valence-corrected chi connectivity index (χ2v) is 10.4. The van der Waals surface area contributed by atoms with Crippen molar-refractivity contribution in [2.45, 2.75) is 39.5 Å². The van der Waals surface area contributed by atoms with Crippen LogP contribution in [0.3, 0.4) is 0 Å². The Hall–Kier alpha value is -3.11. The topological polar surface area (TPSA) is 43.5 Å². The van der Waals surface area contributed by atoms with Gasteiger partial charge in [-0.15, -0.1) is 0 Å². The highest BCUT2D eigenvalue weighted by atomic mass is 16.3. The molecular weight excluding hydrogens is 418 g/mol. The summed E-state index contributed by atoms with van der Waals surface area (Å²) in [6.07, 6.45) is 1.11.